The molecule has 1 rings (SSSR count). The molecule has 3 N–H and O–H groups in total. The molecule has 0 aromatic heterocycles. The Labute approximate surface area is 109 Å². The maximum Gasteiger partial charge on any atom is 0.227 e. The number of nitrogens with two attached hydrogens (primary N) is 1. The first-order chi connectivity index (χ1) is 8.70. The van der Waals surface area contributed by atoms with Crippen LogP contribution in [0.3, 0.4) is 0 Å². The van der Waals surface area contributed by atoms with E-state index in [-0.39, 0.29) is 24.5 Å². The zero-order valence-corrected chi connectivity index (χ0v) is 11.3. The number of likely N-dealkylation sites (N-methyl/N-ethyl adjacent to an activating group) is 1. The number of hydrogen-bond acceptors (Lipinski definition) is 4. The molecule has 106 valence electrons. The highest BCUT2D eigenvalue weighted by Crippen LogP contribution is 2.24. The molecule has 0 spiro atoms. The predicted molar refractivity (Wildman–Crippen MR) is 70.1 cm³/mol. The Bertz CT molecular complexity index is 248. The summed E-state index contributed by atoms with van der Waals surface area (Å²) in [7, 11) is 0. The van der Waals surface area contributed by atoms with Gasteiger partial charge in [-0.15, -0.1) is 0 Å². The van der Waals surface area contributed by atoms with E-state index in [9.17, 15) is 4.79 Å². The molecule has 0 bridgehead atoms. The summed E-state index contributed by atoms with van der Waals surface area (Å²) in [6.07, 6.45) is 4.10. The number of nitrogens with zero attached hydrogens (tertiary/aromatic N) is 1. The van der Waals surface area contributed by atoms with Crippen LogP contribution >= 0.6 is 0 Å². The minimum atomic E-state index is -0.0171. The Morgan fingerprint density at radius 1 is 1.39 bits per heavy atom. The molecule has 0 aromatic rings. The molecule has 2 atom stereocenters. The maximum absolute atomic E-state index is 12.3. The van der Waals surface area contributed by atoms with Crippen LogP contribution in [0.25, 0.3) is 0 Å². The van der Waals surface area contributed by atoms with E-state index in [1.165, 1.54) is 0 Å². The molecular weight excluding hydrogens is 232 g/mol. The Morgan fingerprint density at radius 2 is 2.11 bits per heavy atom. The first-order valence-electron chi connectivity index (χ1n) is 6.93. The van der Waals surface area contributed by atoms with Crippen LogP contribution in [-0.4, -0.2) is 54.9 Å². The number of hydrogen-bond donors (Lipinski definition) is 2. The van der Waals surface area contributed by atoms with E-state index in [0.717, 1.165) is 25.7 Å². The summed E-state index contributed by atoms with van der Waals surface area (Å²) in [5.41, 5.74) is 6.04. The van der Waals surface area contributed by atoms with E-state index in [4.69, 9.17) is 15.6 Å². The highest BCUT2D eigenvalue weighted by molar-refractivity contribution is 5.79. The smallest absolute Gasteiger partial charge is 0.227 e. The van der Waals surface area contributed by atoms with Crippen LogP contribution in [0, 0.1) is 5.92 Å². The summed E-state index contributed by atoms with van der Waals surface area (Å²) in [5, 5.41) is 8.61. The number of amides is 1. The summed E-state index contributed by atoms with van der Waals surface area (Å²) in [6.45, 7) is 4.06. The van der Waals surface area contributed by atoms with Gasteiger partial charge >= 0.3 is 0 Å². The van der Waals surface area contributed by atoms with E-state index in [0.29, 0.717) is 26.3 Å². The van der Waals surface area contributed by atoms with Gasteiger partial charge in [-0.05, 0) is 19.8 Å². The van der Waals surface area contributed by atoms with Crippen molar-refractivity contribution in [2.24, 2.45) is 11.7 Å². The van der Waals surface area contributed by atoms with Gasteiger partial charge in [0, 0.05) is 19.1 Å². The largest absolute Gasteiger partial charge is 0.394 e. The second-order valence-electron chi connectivity index (χ2n) is 4.81. The highest BCUT2D eigenvalue weighted by Gasteiger charge is 2.30. The Hall–Kier alpha value is -0.650. The molecule has 0 saturated heterocycles. The molecule has 0 radical (unpaired) electrons. The van der Waals surface area contributed by atoms with Crippen LogP contribution in [0.15, 0.2) is 0 Å². The quantitative estimate of drug-likeness (QED) is 0.647. The van der Waals surface area contributed by atoms with E-state index >= 15 is 0 Å². The fourth-order valence-corrected chi connectivity index (χ4v) is 2.47. The van der Waals surface area contributed by atoms with Crippen molar-refractivity contribution in [3.8, 4) is 0 Å². The average Bonchev–Trinajstić information content (AvgIpc) is 2.39. The molecule has 1 fully saturated rings. The van der Waals surface area contributed by atoms with Gasteiger partial charge in [0.25, 0.3) is 0 Å². The van der Waals surface area contributed by atoms with Crippen molar-refractivity contribution in [3.05, 3.63) is 0 Å². The molecule has 5 heteroatoms. The first-order valence-corrected chi connectivity index (χ1v) is 6.93. The third-order valence-electron chi connectivity index (χ3n) is 3.57. The van der Waals surface area contributed by atoms with Crippen molar-refractivity contribution in [1.82, 2.24) is 4.90 Å². The normalized spacial score (nSPS) is 23.9. The van der Waals surface area contributed by atoms with Crippen LogP contribution in [-0.2, 0) is 9.53 Å². The van der Waals surface area contributed by atoms with Crippen LogP contribution in [0.2, 0.25) is 0 Å². The molecule has 1 saturated carbocycles. The summed E-state index contributed by atoms with van der Waals surface area (Å²) in [5.74, 6) is 0.147. The second kappa shape index (κ2) is 8.45. The summed E-state index contributed by atoms with van der Waals surface area (Å²) in [6, 6.07) is 0.0126. The molecule has 0 aliphatic heterocycles. The van der Waals surface area contributed by atoms with E-state index in [1.54, 1.807) is 0 Å². The standard InChI is InChI=1S/C13H26N2O3/c1-2-15(7-9-18-10-8-16)13(17)11-5-3-4-6-12(11)14/h11-12,16H,2-10,14H2,1H3. The number of carbonyl (C=O) groups excluding carboxylic acids is 1. The lowest BCUT2D eigenvalue weighted by atomic mass is 9.84. The second-order valence-corrected chi connectivity index (χ2v) is 4.81. The maximum atomic E-state index is 12.3. The zero-order chi connectivity index (χ0) is 13.4. The molecule has 0 heterocycles. The minimum absolute atomic E-state index is 0.0126. The monoisotopic (exact) mass is 258 g/mol. The lowest BCUT2D eigenvalue weighted by molar-refractivity contribution is -0.137. The Morgan fingerprint density at radius 3 is 2.72 bits per heavy atom. The predicted octanol–water partition coefficient (Wildman–Crippen LogP) is 0.361. The number of rotatable bonds is 7. The lowest BCUT2D eigenvalue weighted by Gasteiger charge is -2.32. The van der Waals surface area contributed by atoms with Gasteiger partial charge in [-0.2, -0.15) is 0 Å². The molecule has 0 aromatic carbocycles. The summed E-state index contributed by atoms with van der Waals surface area (Å²) >= 11 is 0. The average molecular weight is 258 g/mol. The van der Waals surface area contributed by atoms with Crippen molar-refractivity contribution < 1.29 is 14.6 Å². The SMILES string of the molecule is CCN(CCOCCO)C(=O)C1CCCCC1N. The fourth-order valence-electron chi connectivity index (χ4n) is 2.47. The van der Waals surface area contributed by atoms with Gasteiger partial charge in [0.1, 0.15) is 0 Å². The van der Waals surface area contributed by atoms with Gasteiger partial charge in [-0.3, -0.25) is 4.79 Å². The van der Waals surface area contributed by atoms with Crippen molar-refractivity contribution in [2.45, 2.75) is 38.6 Å². The van der Waals surface area contributed by atoms with Gasteiger partial charge in [-0.25, -0.2) is 0 Å². The van der Waals surface area contributed by atoms with E-state index in [2.05, 4.69) is 0 Å². The molecule has 1 aliphatic rings. The van der Waals surface area contributed by atoms with Gasteiger partial charge < -0.3 is 20.5 Å². The van der Waals surface area contributed by atoms with Crippen molar-refractivity contribution in [1.29, 1.82) is 0 Å². The number of aliphatic hydroxyl groups is 1. The first kappa shape index (κ1) is 15.4. The fraction of sp³-hybridized carbons (Fsp3) is 0.923. The number of ether oxygens (including phenoxy) is 1. The highest BCUT2D eigenvalue weighted by atomic mass is 16.5. The third kappa shape index (κ3) is 4.55. The van der Waals surface area contributed by atoms with Crippen molar-refractivity contribution in [2.75, 3.05) is 32.9 Å². The molecular formula is C13H26N2O3. The molecule has 2 unspecified atom stereocenters. The summed E-state index contributed by atoms with van der Waals surface area (Å²) in [4.78, 5) is 14.2. The minimum Gasteiger partial charge on any atom is -0.394 e. The topological polar surface area (TPSA) is 75.8 Å². The number of carbonyl (C=O) groups is 1. The van der Waals surface area contributed by atoms with E-state index in [1.807, 2.05) is 11.8 Å². The van der Waals surface area contributed by atoms with Crippen LogP contribution in [0.1, 0.15) is 32.6 Å². The zero-order valence-electron chi connectivity index (χ0n) is 11.3. The molecule has 1 aliphatic carbocycles. The third-order valence-corrected chi connectivity index (χ3v) is 3.57. The van der Waals surface area contributed by atoms with Crippen molar-refractivity contribution >= 4 is 5.91 Å². The summed E-state index contributed by atoms with van der Waals surface area (Å²) < 4.78 is 5.20. The van der Waals surface area contributed by atoms with Crippen LogP contribution < -0.4 is 5.73 Å². The van der Waals surface area contributed by atoms with E-state index < -0.39 is 0 Å². The molecule has 5 nitrogen and oxygen atoms in total. The van der Waals surface area contributed by atoms with Crippen LogP contribution in [0.4, 0.5) is 0 Å². The Balaban J connectivity index is 2.40. The van der Waals surface area contributed by atoms with Crippen molar-refractivity contribution in [3.63, 3.8) is 0 Å². The molecule has 1 amide bonds. The number of aliphatic hydroxyl groups excluding tert-OH is 1. The van der Waals surface area contributed by atoms with Gasteiger partial charge in [-0.1, -0.05) is 12.8 Å². The van der Waals surface area contributed by atoms with Gasteiger partial charge in [0.2, 0.25) is 5.91 Å². The molecule has 18 heavy (non-hydrogen) atoms. The lowest BCUT2D eigenvalue weighted by Crippen LogP contribution is -2.46. The Kier molecular flexibility index (Phi) is 7.23. The van der Waals surface area contributed by atoms with Crippen LogP contribution in [0.5, 0.6) is 0 Å². The van der Waals surface area contributed by atoms with Gasteiger partial charge in [0.15, 0.2) is 0 Å². The van der Waals surface area contributed by atoms with Gasteiger partial charge in [0.05, 0.1) is 25.7 Å².